The van der Waals surface area contributed by atoms with Crippen LogP contribution < -0.4 is 5.73 Å². The summed E-state index contributed by atoms with van der Waals surface area (Å²) in [5, 5.41) is 0. The molecule has 0 aliphatic carbocycles. The minimum Gasteiger partial charge on any atom is -0.384 e. The maximum absolute atomic E-state index is 5.78. The molecule has 2 N–H and O–H groups in total. The number of methoxy groups -OCH3 is 1. The highest BCUT2D eigenvalue weighted by Crippen LogP contribution is 2.06. The molecule has 0 bridgehead atoms. The highest BCUT2D eigenvalue weighted by atomic mass is 32.2. The molecule has 0 aliphatic heterocycles. The standard InChI is InChI=1S/C9H21NOS/c1-3-9(10)5-4-7-12-8-6-11-2/h9H,3-8,10H2,1-2H3. The number of ether oxygens (including phenoxy) is 1. The second-order valence-electron chi connectivity index (χ2n) is 2.92. The lowest BCUT2D eigenvalue weighted by Crippen LogP contribution is -2.18. The highest BCUT2D eigenvalue weighted by Gasteiger charge is 1.97. The summed E-state index contributed by atoms with van der Waals surface area (Å²) < 4.78 is 4.95. The SMILES string of the molecule is CCC(N)CCCSCCOC. The quantitative estimate of drug-likeness (QED) is 0.595. The first-order chi connectivity index (χ1) is 5.81. The topological polar surface area (TPSA) is 35.2 Å². The van der Waals surface area contributed by atoms with Crippen LogP contribution in [0, 0.1) is 0 Å². The van der Waals surface area contributed by atoms with Gasteiger partial charge in [0.1, 0.15) is 0 Å². The molecule has 0 aromatic carbocycles. The third-order valence-corrected chi connectivity index (χ3v) is 2.85. The van der Waals surface area contributed by atoms with E-state index in [1.807, 2.05) is 11.8 Å². The summed E-state index contributed by atoms with van der Waals surface area (Å²) >= 11 is 1.95. The van der Waals surface area contributed by atoms with E-state index >= 15 is 0 Å². The Morgan fingerprint density at radius 1 is 1.42 bits per heavy atom. The molecule has 2 nitrogen and oxygen atoms in total. The van der Waals surface area contributed by atoms with Crippen molar-refractivity contribution in [1.29, 1.82) is 0 Å². The largest absolute Gasteiger partial charge is 0.384 e. The predicted molar refractivity (Wildman–Crippen MR) is 56.7 cm³/mol. The van der Waals surface area contributed by atoms with E-state index in [1.165, 1.54) is 12.2 Å². The van der Waals surface area contributed by atoms with Crippen molar-refractivity contribution in [2.45, 2.75) is 32.2 Å². The lowest BCUT2D eigenvalue weighted by molar-refractivity contribution is 0.218. The number of rotatable bonds is 8. The van der Waals surface area contributed by atoms with Gasteiger partial charge < -0.3 is 10.5 Å². The minimum absolute atomic E-state index is 0.410. The van der Waals surface area contributed by atoms with E-state index in [-0.39, 0.29) is 0 Å². The van der Waals surface area contributed by atoms with E-state index in [1.54, 1.807) is 7.11 Å². The number of thioether (sulfide) groups is 1. The van der Waals surface area contributed by atoms with E-state index < -0.39 is 0 Å². The Kier molecular flexibility index (Phi) is 9.57. The summed E-state index contributed by atoms with van der Waals surface area (Å²) in [7, 11) is 1.74. The zero-order valence-corrected chi connectivity index (χ0v) is 9.03. The molecule has 0 heterocycles. The fraction of sp³-hybridized carbons (Fsp3) is 1.00. The summed E-state index contributed by atoms with van der Waals surface area (Å²) in [6.45, 7) is 3.01. The molecule has 3 heteroatoms. The van der Waals surface area contributed by atoms with Crippen molar-refractivity contribution in [1.82, 2.24) is 0 Å². The zero-order valence-electron chi connectivity index (χ0n) is 8.21. The Morgan fingerprint density at radius 2 is 2.17 bits per heavy atom. The van der Waals surface area contributed by atoms with Crippen LogP contribution in [0.25, 0.3) is 0 Å². The lowest BCUT2D eigenvalue weighted by Gasteiger charge is -2.07. The fourth-order valence-corrected chi connectivity index (χ4v) is 1.76. The lowest BCUT2D eigenvalue weighted by atomic mass is 10.1. The van der Waals surface area contributed by atoms with Crippen LogP contribution in [0.2, 0.25) is 0 Å². The van der Waals surface area contributed by atoms with Crippen LogP contribution in [0.4, 0.5) is 0 Å². The molecule has 0 fully saturated rings. The van der Waals surface area contributed by atoms with Gasteiger partial charge in [0.15, 0.2) is 0 Å². The first kappa shape index (κ1) is 12.3. The van der Waals surface area contributed by atoms with Gasteiger partial charge in [-0.25, -0.2) is 0 Å². The van der Waals surface area contributed by atoms with E-state index in [0.717, 1.165) is 25.2 Å². The highest BCUT2D eigenvalue weighted by molar-refractivity contribution is 7.99. The van der Waals surface area contributed by atoms with Crippen molar-refractivity contribution in [2.75, 3.05) is 25.2 Å². The van der Waals surface area contributed by atoms with Gasteiger partial charge in [0, 0.05) is 18.9 Å². The summed E-state index contributed by atoms with van der Waals surface area (Å²) in [4.78, 5) is 0. The maximum Gasteiger partial charge on any atom is 0.0552 e. The van der Waals surface area contributed by atoms with Gasteiger partial charge in [0.2, 0.25) is 0 Å². The smallest absolute Gasteiger partial charge is 0.0552 e. The van der Waals surface area contributed by atoms with Crippen molar-refractivity contribution in [3.05, 3.63) is 0 Å². The molecule has 1 atom stereocenters. The molecule has 0 aromatic heterocycles. The number of hydrogen-bond donors (Lipinski definition) is 1. The number of nitrogens with two attached hydrogens (primary N) is 1. The van der Waals surface area contributed by atoms with Crippen LogP contribution in [0.1, 0.15) is 26.2 Å². The van der Waals surface area contributed by atoms with Gasteiger partial charge in [0.05, 0.1) is 6.61 Å². The van der Waals surface area contributed by atoms with Crippen LogP contribution >= 0.6 is 11.8 Å². The van der Waals surface area contributed by atoms with Gasteiger partial charge in [-0.2, -0.15) is 11.8 Å². The first-order valence-electron chi connectivity index (χ1n) is 4.63. The van der Waals surface area contributed by atoms with Crippen LogP contribution in [0.15, 0.2) is 0 Å². The first-order valence-corrected chi connectivity index (χ1v) is 5.79. The average Bonchev–Trinajstić information content (AvgIpc) is 2.10. The molecule has 0 aromatic rings. The summed E-state index contributed by atoms with van der Waals surface area (Å²) in [5.74, 6) is 2.33. The zero-order chi connectivity index (χ0) is 9.23. The molecule has 1 unspecified atom stereocenters. The van der Waals surface area contributed by atoms with Crippen molar-refractivity contribution in [3.63, 3.8) is 0 Å². The Balaban J connectivity index is 2.90. The second-order valence-corrected chi connectivity index (χ2v) is 4.14. The van der Waals surface area contributed by atoms with Crippen LogP contribution in [0.5, 0.6) is 0 Å². The Labute approximate surface area is 80.2 Å². The maximum atomic E-state index is 5.78. The van der Waals surface area contributed by atoms with Crippen LogP contribution in [0.3, 0.4) is 0 Å². The summed E-state index contributed by atoms with van der Waals surface area (Å²) in [6, 6.07) is 0.410. The van der Waals surface area contributed by atoms with Crippen molar-refractivity contribution >= 4 is 11.8 Å². The molecule has 74 valence electrons. The van der Waals surface area contributed by atoms with Gasteiger partial charge in [-0.15, -0.1) is 0 Å². The Bertz CT molecular complexity index is 90.6. The van der Waals surface area contributed by atoms with Crippen molar-refractivity contribution in [3.8, 4) is 0 Å². The average molecular weight is 191 g/mol. The second kappa shape index (κ2) is 9.36. The third-order valence-electron chi connectivity index (χ3n) is 1.82. The van der Waals surface area contributed by atoms with E-state index in [2.05, 4.69) is 6.92 Å². The van der Waals surface area contributed by atoms with Gasteiger partial charge >= 0.3 is 0 Å². The monoisotopic (exact) mass is 191 g/mol. The molecule has 12 heavy (non-hydrogen) atoms. The van der Waals surface area contributed by atoms with Gasteiger partial charge in [-0.3, -0.25) is 0 Å². The molecule has 0 saturated heterocycles. The van der Waals surface area contributed by atoms with Crippen molar-refractivity contribution in [2.24, 2.45) is 5.73 Å². The van der Waals surface area contributed by atoms with Crippen molar-refractivity contribution < 1.29 is 4.74 Å². The summed E-state index contributed by atoms with van der Waals surface area (Å²) in [5.41, 5.74) is 5.78. The van der Waals surface area contributed by atoms with E-state index in [0.29, 0.717) is 6.04 Å². The predicted octanol–water partition coefficient (Wildman–Crippen LogP) is 1.88. The number of hydrogen-bond acceptors (Lipinski definition) is 3. The van der Waals surface area contributed by atoms with Gasteiger partial charge in [0.25, 0.3) is 0 Å². The molecular formula is C9H21NOS. The molecule has 0 amide bonds. The Hall–Kier alpha value is 0.270. The minimum atomic E-state index is 0.410. The van der Waals surface area contributed by atoms with Gasteiger partial charge in [-0.05, 0) is 25.0 Å². The van der Waals surface area contributed by atoms with Crippen LogP contribution in [-0.4, -0.2) is 31.3 Å². The van der Waals surface area contributed by atoms with E-state index in [4.69, 9.17) is 10.5 Å². The Morgan fingerprint density at radius 3 is 2.75 bits per heavy atom. The molecular weight excluding hydrogens is 170 g/mol. The normalized spacial score (nSPS) is 13.2. The fourth-order valence-electron chi connectivity index (χ4n) is 0.896. The third kappa shape index (κ3) is 8.37. The molecule has 0 spiro atoms. The molecule has 0 aliphatic rings. The molecule has 0 rings (SSSR count). The van der Waals surface area contributed by atoms with Crippen LogP contribution in [-0.2, 0) is 4.74 Å². The van der Waals surface area contributed by atoms with Gasteiger partial charge in [-0.1, -0.05) is 6.92 Å². The molecule has 0 radical (unpaired) electrons. The van der Waals surface area contributed by atoms with E-state index in [9.17, 15) is 0 Å². The molecule has 0 saturated carbocycles. The summed E-state index contributed by atoms with van der Waals surface area (Å²) in [6.07, 6.45) is 3.50.